The van der Waals surface area contributed by atoms with Gasteiger partial charge in [0.05, 0.1) is 11.8 Å². The summed E-state index contributed by atoms with van der Waals surface area (Å²) in [5.41, 5.74) is 8.74. The van der Waals surface area contributed by atoms with Crippen LogP contribution in [0, 0.1) is 0 Å². The molecule has 1 aliphatic rings. The van der Waals surface area contributed by atoms with E-state index in [-0.39, 0.29) is 6.04 Å². The zero-order valence-corrected chi connectivity index (χ0v) is 11.9. The maximum absolute atomic E-state index is 5.91. The normalized spacial score (nSPS) is 18.1. The molecule has 1 aromatic heterocycles. The number of hydrogen-bond acceptors (Lipinski definition) is 4. The Morgan fingerprint density at radius 3 is 2.59 bits per heavy atom. The molecule has 108 valence electrons. The highest BCUT2D eigenvalue weighted by Gasteiger charge is 2.22. The van der Waals surface area contributed by atoms with E-state index in [0.29, 0.717) is 12.4 Å². The first-order chi connectivity index (χ1) is 10.8. The third-order valence-corrected chi connectivity index (χ3v) is 3.82. The average Bonchev–Trinajstić information content (AvgIpc) is 2.99. The average molecular weight is 289 g/mol. The Balaban J connectivity index is 1.71. The lowest BCUT2D eigenvalue weighted by atomic mass is 9.99. The van der Waals surface area contributed by atoms with Gasteiger partial charge in [-0.15, -0.1) is 0 Å². The fourth-order valence-electron chi connectivity index (χ4n) is 2.75. The van der Waals surface area contributed by atoms with E-state index in [1.54, 1.807) is 0 Å². The summed E-state index contributed by atoms with van der Waals surface area (Å²) >= 11 is 0. The van der Waals surface area contributed by atoms with E-state index in [0.717, 1.165) is 28.0 Å². The minimum Gasteiger partial charge on any atom is -0.455 e. The molecule has 0 saturated heterocycles. The molecule has 0 aliphatic carbocycles. The van der Waals surface area contributed by atoms with E-state index < -0.39 is 0 Å². The number of guanidine groups is 1. The SMILES string of the molecule is NC1=NC(c2ccccc2)CC(c2cc3ccccc3o2)=N1. The van der Waals surface area contributed by atoms with Gasteiger partial charge in [-0.2, -0.15) is 0 Å². The molecule has 0 bridgehead atoms. The summed E-state index contributed by atoms with van der Waals surface area (Å²) in [6.07, 6.45) is 0.685. The Morgan fingerprint density at radius 2 is 1.77 bits per heavy atom. The molecule has 0 fully saturated rings. The van der Waals surface area contributed by atoms with Crippen molar-refractivity contribution in [1.82, 2.24) is 0 Å². The smallest absolute Gasteiger partial charge is 0.216 e. The third kappa shape index (κ3) is 2.29. The number of benzene rings is 2. The van der Waals surface area contributed by atoms with Crippen LogP contribution in [0.3, 0.4) is 0 Å². The number of fused-ring (bicyclic) bond motifs is 1. The predicted molar refractivity (Wildman–Crippen MR) is 88.2 cm³/mol. The van der Waals surface area contributed by atoms with Crippen molar-refractivity contribution in [3.63, 3.8) is 0 Å². The van der Waals surface area contributed by atoms with Crippen LogP contribution < -0.4 is 5.73 Å². The van der Waals surface area contributed by atoms with Gasteiger partial charge in [-0.25, -0.2) is 9.98 Å². The van der Waals surface area contributed by atoms with Gasteiger partial charge >= 0.3 is 0 Å². The van der Waals surface area contributed by atoms with Gasteiger partial charge in [-0.05, 0) is 17.7 Å². The Morgan fingerprint density at radius 1 is 1.00 bits per heavy atom. The van der Waals surface area contributed by atoms with Gasteiger partial charge in [0.1, 0.15) is 11.3 Å². The molecule has 4 rings (SSSR count). The molecule has 2 N–H and O–H groups in total. The van der Waals surface area contributed by atoms with Crippen molar-refractivity contribution in [3.05, 3.63) is 72.0 Å². The van der Waals surface area contributed by atoms with E-state index in [2.05, 4.69) is 22.1 Å². The molecule has 0 radical (unpaired) electrons. The molecule has 0 amide bonds. The van der Waals surface area contributed by atoms with Gasteiger partial charge in [0.25, 0.3) is 0 Å². The molecule has 4 heteroatoms. The highest BCUT2D eigenvalue weighted by atomic mass is 16.3. The van der Waals surface area contributed by atoms with Crippen LogP contribution in [0.4, 0.5) is 0 Å². The van der Waals surface area contributed by atoms with Crippen LogP contribution in [0.2, 0.25) is 0 Å². The van der Waals surface area contributed by atoms with Crippen molar-refractivity contribution < 1.29 is 4.42 Å². The lowest BCUT2D eigenvalue weighted by Crippen LogP contribution is -2.21. The van der Waals surface area contributed by atoms with Crippen molar-refractivity contribution in [2.24, 2.45) is 15.7 Å². The van der Waals surface area contributed by atoms with Crippen molar-refractivity contribution in [1.29, 1.82) is 0 Å². The number of para-hydroxylation sites is 1. The molecule has 3 aromatic rings. The number of aliphatic imine (C=N–C) groups is 2. The first-order valence-corrected chi connectivity index (χ1v) is 7.24. The van der Waals surface area contributed by atoms with Crippen molar-refractivity contribution >= 4 is 22.6 Å². The summed E-state index contributed by atoms with van der Waals surface area (Å²) in [5.74, 6) is 1.07. The molecule has 2 aromatic carbocycles. The van der Waals surface area contributed by atoms with Crippen LogP contribution in [0.5, 0.6) is 0 Å². The van der Waals surface area contributed by atoms with Crippen LogP contribution in [0.25, 0.3) is 11.0 Å². The standard InChI is InChI=1S/C18H15N3O/c19-18-20-14(12-6-2-1-3-7-12)11-15(21-18)17-10-13-8-4-5-9-16(13)22-17/h1-10,14H,11H2,(H2,19,20). The van der Waals surface area contributed by atoms with E-state index in [9.17, 15) is 0 Å². The summed E-state index contributed by atoms with van der Waals surface area (Å²) in [6, 6.07) is 20.1. The zero-order valence-electron chi connectivity index (χ0n) is 11.9. The first-order valence-electron chi connectivity index (χ1n) is 7.24. The highest BCUT2D eigenvalue weighted by Crippen LogP contribution is 2.28. The van der Waals surface area contributed by atoms with Crippen LogP contribution in [-0.4, -0.2) is 11.7 Å². The van der Waals surface area contributed by atoms with Gasteiger partial charge in [-0.3, -0.25) is 0 Å². The quantitative estimate of drug-likeness (QED) is 0.782. The number of hydrogen-bond donors (Lipinski definition) is 1. The zero-order chi connectivity index (χ0) is 14.9. The number of furan rings is 1. The Bertz CT molecular complexity index is 844. The molecule has 1 atom stereocenters. The minimum atomic E-state index is -0.0121. The fourth-order valence-corrected chi connectivity index (χ4v) is 2.75. The number of rotatable bonds is 2. The lowest BCUT2D eigenvalue weighted by molar-refractivity contribution is 0.597. The van der Waals surface area contributed by atoms with Gasteiger partial charge in [0.15, 0.2) is 0 Å². The van der Waals surface area contributed by atoms with Gasteiger partial charge in [0, 0.05) is 11.8 Å². The third-order valence-electron chi connectivity index (χ3n) is 3.82. The second-order valence-corrected chi connectivity index (χ2v) is 5.32. The Hall–Kier alpha value is -2.88. The van der Waals surface area contributed by atoms with Crippen LogP contribution >= 0.6 is 0 Å². The van der Waals surface area contributed by atoms with Crippen LogP contribution in [-0.2, 0) is 0 Å². The molecule has 2 heterocycles. The maximum atomic E-state index is 5.91. The second-order valence-electron chi connectivity index (χ2n) is 5.32. The van der Waals surface area contributed by atoms with Crippen LogP contribution in [0.1, 0.15) is 23.8 Å². The Kier molecular flexibility index (Phi) is 3.00. The summed E-state index contributed by atoms with van der Waals surface area (Å²) < 4.78 is 5.90. The molecular weight excluding hydrogens is 274 g/mol. The van der Waals surface area contributed by atoms with E-state index in [1.165, 1.54) is 0 Å². The lowest BCUT2D eigenvalue weighted by Gasteiger charge is -2.18. The summed E-state index contributed by atoms with van der Waals surface area (Å²) in [5, 5.41) is 1.07. The molecule has 0 saturated carbocycles. The summed E-state index contributed by atoms with van der Waals surface area (Å²) in [6.45, 7) is 0. The Labute approximate surface area is 128 Å². The topological polar surface area (TPSA) is 63.9 Å². The predicted octanol–water partition coefficient (Wildman–Crippen LogP) is 3.68. The van der Waals surface area contributed by atoms with Gasteiger partial charge in [0.2, 0.25) is 5.96 Å². The largest absolute Gasteiger partial charge is 0.455 e. The second kappa shape index (κ2) is 5.15. The van der Waals surface area contributed by atoms with Crippen molar-refractivity contribution in [2.45, 2.75) is 12.5 Å². The molecule has 22 heavy (non-hydrogen) atoms. The van der Waals surface area contributed by atoms with Gasteiger partial charge < -0.3 is 10.2 Å². The maximum Gasteiger partial charge on any atom is 0.216 e. The van der Waals surface area contributed by atoms with E-state index in [1.807, 2.05) is 48.5 Å². The molecule has 4 nitrogen and oxygen atoms in total. The fraction of sp³-hybridized carbons (Fsp3) is 0.111. The molecular formula is C18H15N3O. The van der Waals surface area contributed by atoms with Crippen LogP contribution in [0.15, 0.2) is 75.1 Å². The molecule has 0 spiro atoms. The monoisotopic (exact) mass is 289 g/mol. The highest BCUT2D eigenvalue weighted by molar-refractivity contribution is 6.08. The molecule has 1 unspecified atom stereocenters. The first kappa shape index (κ1) is 12.8. The summed E-state index contributed by atoms with van der Waals surface area (Å²) in [4.78, 5) is 8.82. The number of nitrogens with two attached hydrogens (primary N) is 1. The summed E-state index contributed by atoms with van der Waals surface area (Å²) in [7, 11) is 0. The minimum absolute atomic E-state index is 0.0121. The van der Waals surface area contributed by atoms with Gasteiger partial charge in [-0.1, -0.05) is 48.5 Å². The number of nitrogens with zero attached hydrogens (tertiary/aromatic N) is 2. The van der Waals surface area contributed by atoms with E-state index >= 15 is 0 Å². The molecule has 1 aliphatic heterocycles. The van der Waals surface area contributed by atoms with E-state index in [4.69, 9.17) is 10.2 Å². The van der Waals surface area contributed by atoms with Crippen molar-refractivity contribution in [3.8, 4) is 0 Å². The van der Waals surface area contributed by atoms with Crippen molar-refractivity contribution in [2.75, 3.05) is 0 Å².